The minimum atomic E-state index is 0.244. The van der Waals surface area contributed by atoms with Gasteiger partial charge in [0, 0.05) is 18.8 Å². The van der Waals surface area contributed by atoms with Crippen molar-refractivity contribution in [2.75, 3.05) is 44.4 Å². The van der Waals surface area contributed by atoms with Gasteiger partial charge in [-0.3, -0.25) is 4.79 Å². The average molecular weight is 382 g/mol. The first kappa shape index (κ1) is 18.0. The van der Waals surface area contributed by atoms with Gasteiger partial charge in [0.25, 0.3) is 0 Å². The molecule has 0 radical (unpaired) electrons. The number of hydrogen-bond acceptors (Lipinski definition) is 6. The summed E-state index contributed by atoms with van der Waals surface area (Å²) in [5.74, 6) is 2.91. The number of benzene rings is 1. The number of aromatic nitrogens is 1. The van der Waals surface area contributed by atoms with Crippen molar-refractivity contribution in [2.45, 2.75) is 16.8 Å². The largest absolute Gasteiger partial charge is 0.337 e. The van der Waals surface area contributed by atoms with Crippen molar-refractivity contribution in [1.82, 2.24) is 14.8 Å². The Bertz CT molecular complexity index is 656. The number of carbonyl (C=O) groups excluding carboxylic acids is 1. The summed E-state index contributed by atoms with van der Waals surface area (Å²) in [6, 6.07) is 8.45. The van der Waals surface area contributed by atoms with Crippen molar-refractivity contribution >= 4 is 51.0 Å². The zero-order valence-corrected chi connectivity index (χ0v) is 16.6. The highest BCUT2D eigenvalue weighted by atomic mass is 32.2. The molecule has 2 aromatic rings. The minimum absolute atomic E-state index is 0.244. The van der Waals surface area contributed by atoms with Crippen LogP contribution in [0.25, 0.3) is 10.2 Å². The first-order valence-electron chi connectivity index (χ1n) is 8.14. The predicted octanol–water partition coefficient (Wildman–Crippen LogP) is 3.28. The molecule has 0 bridgehead atoms. The molecule has 0 saturated carbocycles. The third kappa shape index (κ3) is 4.65. The number of nitrogens with zero attached hydrogens (tertiary/aromatic N) is 3. The third-order valence-electron chi connectivity index (χ3n) is 3.93. The van der Waals surface area contributed by atoms with E-state index in [-0.39, 0.29) is 5.91 Å². The Kier molecular flexibility index (Phi) is 6.43. The van der Waals surface area contributed by atoms with E-state index in [0.717, 1.165) is 40.9 Å². The summed E-state index contributed by atoms with van der Waals surface area (Å²) >= 11 is 5.21. The van der Waals surface area contributed by atoms with E-state index in [2.05, 4.69) is 34.9 Å². The minimum Gasteiger partial charge on any atom is -0.337 e. The van der Waals surface area contributed by atoms with Crippen LogP contribution in [0.1, 0.15) is 6.42 Å². The van der Waals surface area contributed by atoms with Gasteiger partial charge in [0.1, 0.15) is 0 Å². The van der Waals surface area contributed by atoms with Crippen LogP contribution in [-0.4, -0.2) is 71.2 Å². The van der Waals surface area contributed by atoms with Crippen LogP contribution in [0.4, 0.5) is 0 Å². The molecule has 3 rings (SSSR count). The lowest BCUT2D eigenvalue weighted by atomic mass is 10.2. The van der Waals surface area contributed by atoms with Gasteiger partial charge in [-0.2, -0.15) is 11.8 Å². The fourth-order valence-electron chi connectivity index (χ4n) is 2.85. The zero-order chi connectivity index (χ0) is 16.9. The maximum atomic E-state index is 12.8. The number of para-hydroxylation sites is 1. The van der Waals surface area contributed by atoms with Gasteiger partial charge in [-0.05, 0) is 38.4 Å². The monoisotopic (exact) mass is 381 g/mol. The van der Waals surface area contributed by atoms with E-state index >= 15 is 0 Å². The second kappa shape index (κ2) is 8.56. The van der Waals surface area contributed by atoms with Crippen LogP contribution in [0.2, 0.25) is 0 Å². The Balaban J connectivity index is 1.63. The summed E-state index contributed by atoms with van der Waals surface area (Å²) in [7, 11) is 4.15. The molecule has 1 aliphatic rings. The Morgan fingerprint density at radius 2 is 2.25 bits per heavy atom. The van der Waals surface area contributed by atoms with Crippen molar-refractivity contribution in [1.29, 1.82) is 0 Å². The highest BCUT2D eigenvalue weighted by molar-refractivity contribution is 8.01. The lowest BCUT2D eigenvalue weighted by Gasteiger charge is -2.31. The SMILES string of the molecule is CN(C)CC1CSCCCN1C(=O)CSc1nc2ccccc2s1. The Morgan fingerprint density at radius 3 is 3.04 bits per heavy atom. The molecular formula is C17H23N3OS3. The molecule has 4 nitrogen and oxygen atoms in total. The zero-order valence-electron chi connectivity index (χ0n) is 14.1. The number of likely N-dealkylation sites (N-methyl/N-ethyl adjacent to an activating group) is 1. The summed E-state index contributed by atoms with van der Waals surface area (Å²) in [5.41, 5.74) is 1.02. The maximum Gasteiger partial charge on any atom is 0.233 e. The van der Waals surface area contributed by atoms with Crippen molar-refractivity contribution in [3.8, 4) is 0 Å². The van der Waals surface area contributed by atoms with Gasteiger partial charge in [0.05, 0.1) is 22.0 Å². The Hall–Kier alpha value is -0.760. The molecule has 1 fully saturated rings. The van der Waals surface area contributed by atoms with Gasteiger partial charge in [-0.25, -0.2) is 4.98 Å². The molecule has 0 spiro atoms. The van der Waals surface area contributed by atoms with Crippen LogP contribution in [0.3, 0.4) is 0 Å². The van der Waals surface area contributed by atoms with Crippen LogP contribution in [0.15, 0.2) is 28.6 Å². The van der Waals surface area contributed by atoms with Crippen molar-refractivity contribution < 1.29 is 4.79 Å². The molecule has 1 saturated heterocycles. The Morgan fingerprint density at radius 1 is 1.42 bits per heavy atom. The van der Waals surface area contributed by atoms with Crippen LogP contribution < -0.4 is 0 Å². The number of amides is 1. The van der Waals surface area contributed by atoms with Crippen LogP contribution >= 0.6 is 34.9 Å². The number of rotatable bonds is 5. The second-order valence-corrected chi connectivity index (χ2v) is 9.57. The molecule has 1 atom stereocenters. The van der Waals surface area contributed by atoms with Gasteiger partial charge < -0.3 is 9.80 Å². The van der Waals surface area contributed by atoms with Crippen molar-refractivity contribution in [3.05, 3.63) is 24.3 Å². The number of hydrogen-bond donors (Lipinski definition) is 0. The smallest absolute Gasteiger partial charge is 0.233 e. The number of carbonyl (C=O) groups is 1. The van der Waals surface area contributed by atoms with E-state index < -0.39 is 0 Å². The predicted molar refractivity (Wildman–Crippen MR) is 106 cm³/mol. The molecule has 0 aliphatic carbocycles. The fourth-order valence-corrected chi connectivity index (χ4v) is 5.86. The number of thiazole rings is 1. The first-order chi connectivity index (χ1) is 11.6. The molecule has 7 heteroatoms. The molecule has 24 heavy (non-hydrogen) atoms. The van der Waals surface area contributed by atoms with Crippen molar-refractivity contribution in [2.24, 2.45) is 0 Å². The third-order valence-corrected chi connectivity index (χ3v) is 7.29. The lowest BCUT2D eigenvalue weighted by Crippen LogP contribution is -2.47. The number of thioether (sulfide) groups is 2. The summed E-state index contributed by atoms with van der Waals surface area (Å²) in [6.45, 7) is 1.81. The molecule has 0 N–H and O–H groups in total. The fraction of sp³-hybridized carbons (Fsp3) is 0.529. The van der Waals surface area contributed by atoms with Gasteiger partial charge in [-0.1, -0.05) is 23.9 Å². The van der Waals surface area contributed by atoms with E-state index in [1.54, 1.807) is 23.1 Å². The molecule has 1 aromatic carbocycles. The second-order valence-electron chi connectivity index (χ2n) is 6.17. The van der Waals surface area contributed by atoms with E-state index in [9.17, 15) is 4.79 Å². The lowest BCUT2D eigenvalue weighted by molar-refractivity contribution is -0.130. The summed E-state index contributed by atoms with van der Waals surface area (Å²) in [6.07, 6.45) is 1.09. The van der Waals surface area contributed by atoms with Crippen LogP contribution in [0.5, 0.6) is 0 Å². The number of fused-ring (bicyclic) bond motifs is 1. The molecule has 1 aliphatic heterocycles. The normalized spacial score (nSPS) is 19.0. The maximum absolute atomic E-state index is 12.8. The average Bonchev–Trinajstić information content (AvgIpc) is 2.84. The van der Waals surface area contributed by atoms with E-state index in [0.29, 0.717) is 11.8 Å². The van der Waals surface area contributed by atoms with Gasteiger partial charge in [0.2, 0.25) is 5.91 Å². The Labute approximate surface area is 156 Å². The van der Waals surface area contributed by atoms with Gasteiger partial charge in [0.15, 0.2) is 4.34 Å². The highest BCUT2D eigenvalue weighted by Crippen LogP contribution is 2.29. The topological polar surface area (TPSA) is 36.4 Å². The molecule has 1 unspecified atom stereocenters. The summed E-state index contributed by atoms with van der Waals surface area (Å²) < 4.78 is 2.17. The summed E-state index contributed by atoms with van der Waals surface area (Å²) in [5, 5.41) is 0. The quantitative estimate of drug-likeness (QED) is 0.743. The van der Waals surface area contributed by atoms with E-state index in [1.807, 2.05) is 30.0 Å². The molecule has 2 heterocycles. The highest BCUT2D eigenvalue weighted by Gasteiger charge is 2.26. The van der Waals surface area contributed by atoms with Gasteiger partial charge >= 0.3 is 0 Å². The summed E-state index contributed by atoms with van der Waals surface area (Å²) in [4.78, 5) is 21.7. The van der Waals surface area contributed by atoms with E-state index in [1.165, 1.54) is 4.70 Å². The molecule has 130 valence electrons. The molecule has 1 aromatic heterocycles. The van der Waals surface area contributed by atoms with Gasteiger partial charge in [-0.15, -0.1) is 11.3 Å². The van der Waals surface area contributed by atoms with Crippen molar-refractivity contribution in [3.63, 3.8) is 0 Å². The van der Waals surface area contributed by atoms with E-state index in [4.69, 9.17) is 0 Å². The van der Waals surface area contributed by atoms with Crippen LogP contribution in [0, 0.1) is 0 Å². The van der Waals surface area contributed by atoms with Crippen LogP contribution in [-0.2, 0) is 4.79 Å². The molecular weight excluding hydrogens is 358 g/mol. The standard InChI is InChI=1S/C17H23N3OS3/c1-19(2)10-13-11-22-9-5-8-20(13)16(21)12-23-17-18-14-6-3-4-7-15(14)24-17/h3-4,6-7,13H,5,8-12H2,1-2H3. The molecule has 1 amide bonds. The first-order valence-corrected chi connectivity index (χ1v) is 11.1.